The fourth-order valence-electron chi connectivity index (χ4n) is 2.79. The molecule has 0 aliphatic carbocycles. The minimum absolute atomic E-state index is 0.115. The van der Waals surface area contributed by atoms with Crippen LogP contribution in [0.15, 0.2) is 78.9 Å². The molecular formula is C20H16O2. The van der Waals surface area contributed by atoms with Crippen LogP contribution in [0, 0.1) is 0 Å². The molecule has 0 bridgehead atoms. The topological polar surface area (TPSA) is 18.5 Å². The van der Waals surface area contributed by atoms with Crippen molar-refractivity contribution in [1.82, 2.24) is 0 Å². The van der Waals surface area contributed by atoms with Gasteiger partial charge in [-0.3, -0.25) is 0 Å². The normalized spacial score (nSPS) is 16.3. The molecule has 3 aromatic rings. The maximum Gasteiger partial charge on any atom is 0.158 e. The molecule has 0 N–H and O–H groups in total. The lowest BCUT2D eigenvalue weighted by molar-refractivity contribution is 0.127. The van der Waals surface area contributed by atoms with Crippen molar-refractivity contribution in [3.05, 3.63) is 84.4 Å². The lowest BCUT2D eigenvalue weighted by atomic mass is 10.0. The van der Waals surface area contributed by atoms with Gasteiger partial charge in [0.15, 0.2) is 6.10 Å². The van der Waals surface area contributed by atoms with E-state index in [1.807, 2.05) is 54.6 Å². The van der Waals surface area contributed by atoms with Crippen molar-refractivity contribution in [1.29, 1.82) is 0 Å². The average Bonchev–Trinajstić information content (AvgIpc) is 2.58. The molecule has 22 heavy (non-hydrogen) atoms. The smallest absolute Gasteiger partial charge is 0.158 e. The van der Waals surface area contributed by atoms with Crippen molar-refractivity contribution in [2.24, 2.45) is 0 Å². The van der Waals surface area contributed by atoms with E-state index in [-0.39, 0.29) is 6.10 Å². The quantitative estimate of drug-likeness (QED) is 0.636. The second-order valence-corrected chi connectivity index (χ2v) is 5.32. The molecule has 0 fully saturated rings. The first kappa shape index (κ1) is 13.0. The van der Waals surface area contributed by atoms with Crippen LogP contribution in [-0.2, 0) is 0 Å². The molecule has 0 saturated carbocycles. The number of benzene rings is 3. The minimum Gasteiger partial charge on any atom is -0.489 e. The summed E-state index contributed by atoms with van der Waals surface area (Å²) < 4.78 is 12.3. The van der Waals surface area contributed by atoms with Crippen LogP contribution >= 0.6 is 0 Å². The molecular weight excluding hydrogens is 272 g/mol. The molecule has 0 aromatic heterocycles. The van der Waals surface area contributed by atoms with Crippen LogP contribution in [0.1, 0.15) is 11.7 Å². The maximum atomic E-state index is 6.25. The number of hydrogen-bond acceptors (Lipinski definition) is 2. The second-order valence-electron chi connectivity index (χ2n) is 5.32. The molecule has 1 aliphatic heterocycles. The highest BCUT2D eigenvalue weighted by atomic mass is 16.5. The Labute approximate surface area is 129 Å². The number of ether oxygens (including phenoxy) is 2. The molecule has 1 atom stereocenters. The molecule has 0 amide bonds. The van der Waals surface area contributed by atoms with Gasteiger partial charge in [-0.2, -0.15) is 0 Å². The molecule has 0 spiro atoms. The summed E-state index contributed by atoms with van der Waals surface area (Å²) in [5.74, 6) is 1.80. The van der Waals surface area contributed by atoms with Gasteiger partial charge in [0, 0.05) is 11.1 Å². The lowest BCUT2D eigenvalue weighted by Crippen LogP contribution is -2.18. The number of para-hydroxylation sites is 2. The van der Waals surface area contributed by atoms with Gasteiger partial charge in [0.1, 0.15) is 18.1 Å². The van der Waals surface area contributed by atoms with Crippen molar-refractivity contribution >= 4 is 0 Å². The van der Waals surface area contributed by atoms with Gasteiger partial charge in [-0.25, -0.2) is 0 Å². The Balaban J connectivity index is 1.81. The molecule has 4 rings (SSSR count). The molecule has 2 nitrogen and oxygen atoms in total. The van der Waals surface area contributed by atoms with Gasteiger partial charge in [0.25, 0.3) is 0 Å². The summed E-state index contributed by atoms with van der Waals surface area (Å²) in [6.07, 6.45) is -0.115. The number of fused-ring (bicyclic) bond motifs is 3. The Morgan fingerprint density at radius 3 is 2.00 bits per heavy atom. The summed E-state index contributed by atoms with van der Waals surface area (Å²) in [5.41, 5.74) is 3.26. The fraction of sp³-hybridized carbons (Fsp3) is 0.100. The lowest BCUT2D eigenvalue weighted by Gasteiger charge is -2.25. The summed E-state index contributed by atoms with van der Waals surface area (Å²) in [6, 6.07) is 26.4. The van der Waals surface area contributed by atoms with Gasteiger partial charge in [0.2, 0.25) is 0 Å². The molecule has 108 valence electrons. The van der Waals surface area contributed by atoms with Gasteiger partial charge < -0.3 is 9.47 Å². The van der Waals surface area contributed by atoms with Crippen LogP contribution in [0.5, 0.6) is 11.5 Å². The average molecular weight is 288 g/mol. The number of rotatable bonds is 1. The van der Waals surface area contributed by atoms with Crippen LogP contribution < -0.4 is 9.47 Å². The first-order valence-corrected chi connectivity index (χ1v) is 7.44. The van der Waals surface area contributed by atoms with E-state index in [4.69, 9.17) is 9.47 Å². The van der Waals surface area contributed by atoms with E-state index in [1.54, 1.807) is 0 Å². The zero-order chi connectivity index (χ0) is 14.8. The maximum absolute atomic E-state index is 6.25. The van der Waals surface area contributed by atoms with Gasteiger partial charge in [0.05, 0.1) is 0 Å². The first-order chi connectivity index (χ1) is 10.9. The zero-order valence-corrected chi connectivity index (χ0v) is 12.1. The molecule has 0 radical (unpaired) electrons. The third kappa shape index (κ3) is 2.33. The van der Waals surface area contributed by atoms with Crippen LogP contribution in [-0.4, -0.2) is 6.61 Å². The van der Waals surface area contributed by atoms with Gasteiger partial charge in [-0.1, -0.05) is 66.7 Å². The third-order valence-electron chi connectivity index (χ3n) is 3.90. The van der Waals surface area contributed by atoms with Gasteiger partial charge in [-0.15, -0.1) is 0 Å². The van der Waals surface area contributed by atoms with Crippen molar-refractivity contribution in [2.75, 3.05) is 6.61 Å². The number of hydrogen-bond donors (Lipinski definition) is 0. The monoisotopic (exact) mass is 288 g/mol. The van der Waals surface area contributed by atoms with Crippen LogP contribution in [0.4, 0.5) is 0 Å². The van der Waals surface area contributed by atoms with Crippen molar-refractivity contribution in [3.63, 3.8) is 0 Å². The van der Waals surface area contributed by atoms with E-state index in [0.29, 0.717) is 6.61 Å². The van der Waals surface area contributed by atoms with Crippen LogP contribution in [0.25, 0.3) is 11.1 Å². The van der Waals surface area contributed by atoms with E-state index in [1.165, 1.54) is 0 Å². The molecule has 1 heterocycles. The highest BCUT2D eigenvalue weighted by Gasteiger charge is 2.21. The predicted molar refractivity (Wildman–Crippen MR) is 87.2 cm³/mol. The molecule has 3 aromatic carbocycles. The van der Waals surface area contributed by atoms with E-state index in [2.05, 4.69) is 24.3 Å². The van der Waals surface area contributed by atoms with Crippen molar-refractivity contribution in [3.8, 4) is 22.6 Å². The van der Waals surface area contributed by atoms with E-state index >= 15 is 0 Å². The predicted octanol–water partition coefficient (Wildman–Crippen LogP) is 4.87. The van der Waals surface area contributed by atoms with E-state index in [9.17, 15) is 0 Å². The molecule has 2 heteroatoms. The van der Waals surface area contributed by atoms with E-state index < -0.39 is 0 Å². The van der Waals surface area contributed by atoms with Crippen molar-refractivity contribution in [2.45, 2.75) is 6.10 Å². The highest BCUT2D eigenvalue weighted by Crippen LogP contribution is 2.40. The van der Waals surface area contributed by atoms with Gasteiger partial charge in [-0.05, 0) is 17.7 Å². The Bertz CT molecular complexity index is 780. The Kier molecular flexibility index (Phi) is 3.28. The summed E-state index contributed by atoms with van der Waals surface area (Å²) >= 11 is 0. The van der Waals surface area contributed by atoms with Gasteiger partial charge >= 0.3 is 0 Å². The van der Waals surface area contributed by atoms with Crippen LogP contribution in [0.2, 0.25) is 0 Å². The summed E-state index contributed by atoms with van der Waals surface area (Å²) in [4.78, 5) is 0. The second kappa shape index (κ2) is 5.57. The zero-order valence-electron chi connectivity index (χ0n) is 12.1. The summed E-state index contributed by atoms with van der Waals surface area (Å²) in [6.45, 7) is 0.495. The summed E-state index contributed by atoms with van der Waals surface area (Å²) in [7, 11) is 0. The third-order valence-corrected chi connectivity index (χ3v) is 3.90. The SMILES string of the molecule is c1ccc([C@@H]2COc3ccccc3-c3ccccc3O2)cc1. The molecule has 0 unspecified atom stereocenters. The highest BCUT2D eigenvalue weighted by molar-refractivity contribution is 5.76. The Morgan fingerprint density at radius 1 is 0.636 bits per heavy atom. The standard InChI is InChI=1S/C20H16O2/c1-2-8-15(9-3-1)20-14-21-18-12-6-4-10-16(18)17-11-5-7-13-19(17)22-20/h1-13,20H,14H2/t20-/m0/s1. The molecule has 1 aliphatic rings. The summed E-state index contributed by atoms with van der Waals surface area (Å²) in [5, 5.41) is 0. The Morgan fingerprint density at radius 2 is 1.23 bits per heavy atom. The minimum atomic E-state index is -0.115. The Hall–Kier alpha value is -2.74. The van der Waals surface area contributed by atoms with Crippen molar-refractivity contribution < 1.29 is 9.47 Å². The molecule has 0 saturated heterocycles. The largest absolute Gasteiger partial charge is 0.489 e. The van der Waals surface area contributed by atoms with Crippen LogP contribution in [0.3, 0.4) is 0 Å². The fourth-order valence-corrected chi connectivity index (χ4v) is 2.79. The van der Waals surface area contributed by atoms with E-state index in [0.717, 1.165) is 28.2 Å². The first-order valence-electron chi connectivity index (χ1n) is 7.44.